The minimum atomic E-state index is 0.508. The molecular weight excluding hydrogens is 248 g/mol. The number of rotatable bonds is 3. The van der Waals surface area contributed by atoms with E-state index in [9.17, 15) is 0 Å². The highest BCUT2D eigenvalue weighted by molar-refractivity contribution is 4.85. The predicted molar refractivity (Wildman–Crippen MR) is 83.0 cm³/mol. The SMILES string of the molecule is C1CCC(C2CN(CC3CCCCO3)CCCN2)CC1. The molecule has 3 nitrogen and oxygen atoms in total. The Morgan fingerprint density at radius 3 is 2.60 bits per heavy atom. The fraction of sp³-hybridized carbons (Fsp3) is 1.00. The normalized spacial score (nSPS) is 34.8. The van der Waals surface area contributed by atoms with Crippen molar-refractivity contribution in [2.45, 2.75) is 69.9 Å². The van der Waals surface area contributed by atoms with Crippen molar-refractivity contribution in [3.63, 3.8) is 0 Å². The van der Waals surface area contributed by atoms with E-state index in [0.717, 1.165) is 18.6 Å². The lowest BCUT2D eigenvalue weighted by Gasteiger charge is -2.34. The Labute approximate surface area is 124 Å². The Hall–Kier alpha value is -0.120. The standard InChI is InChI=1S/C17H32N2O/c1-2-7-15(8-3-1)17-14-19(11-6-10-18-17)13-16-9-4-5-12-20-16/h15-18H,1-14H2. The molecule has 2 unspecified atom stereocenters. The van der Waals surface area contributed by atoms with Crippen molar-refractivity contribution in [3.8, 4) is 0 Å². The van der Waals surface area contributed by atoms with E-state index >= 15 is 0 Å². The molecule has 2 atom stereocenters. The van der Waals surface area contributed by atoms with E-state index in [0.29, 0.717) is 6.10 Å². The molecule has 0 aromatic heterocycles. The lowest BCUT2D eigenvalue weighted by Crippen LogP contribution is -2.46. The second-order valence-corrected chi connectivity index (χ2v) is 7.06. The number of ether oxygens (including phenoxy) is 1. The van der Waals surface area contributed by atoms with Crippen LogP contribution in [0.2, 0.25) is 0 Å². The van der Waals surface area contributed by atoms with Gasteiger partial charge in [-0.3, -0.25) is 4.90 Å². The maximum atomic E-state index is 5.94. The minimum Gasteiger partial charge on any atom is -0.377 e. The molecule has 3 fully saturated rings. The molecule has 0 amide bonds. The molecule has 2 saturated heterocycles. The average molecular weight is 280 g/mol. The Balaban J connectivity index is 1.51. The van der Waals surface area contributed by atoms with E-state index < -0.39 is 0 Å². The number of hydrogen-bond donors (Lipinski definition) is 1. The van der Waals surface area contributed by atoms with Crippen LogP contribution in [0.25, 0.3) is 0 Å². The van der Waals surface area contributed by atoms with Gasteiger partial charge in [0.15, 0.2) is 0 Å². The van der Waals surface area contributed by atoms with Gasteiger partial charge in [0.05, 0.1) is 6.10 Å². The van der Waals surface area contributed by atoms with Crippen molar-refractivity contribution in [3.05, 3.63) is 0 Å². The lowest BCUT2D eigenvalue weighted by molar-refractivity contribution is -0.00696. The molecule has 2 aliphatic heterocycles. The summed E-state index contributed by atoms with van der Waals surface area (Å²) in [5, 5.41) is 3.84. The summed E-state index contributed by atoms with van der Waals surface area (Å²) in [6.07, 6.45) is 13.0. The van der Waals surface area contributed by atoms with Gasteiger partial charge in [0.25, 0.3) is 0 Å². The van der Waals surface area contributed by atoms with E-state index in [1.807, 2.05) is 0 Å². The van der Waals surface area contributed by atoms with Crippen LogP contribution in [0.4, 0.5) is 0 Å². The molecule has 3 rings (SSSR count). The topological polar surface area (TPSA) is 24.5 Å². The van der Waals surface area contributed by atoms with Crippen LogP contribution < -0.4 is 5.32 Å². The smallest absolute Gasteiger partial charge is 0.0702 e. The van der Waals surface area contributed by atoms with Gasteiger partial charge in [-0.05, 0) is 57.5 Å². The monoisotopic (exact) mass is 280 g/mol. The second-order valence-electron chi connectivity index (χ2n) is 7.06. The molecule has 1 N–H and O–H groups in total. The average Bonchev–Trinajstić information content (AvgIpc) is 2.75. The van der Waals surface area contributed by atoms with Crippen molar-refractivity contribution >= 4 is 0 Å². The summed E-state index contributed by atoms with van der Waals surface area (Å²) in [5.74, 6) is 0.927. The Bertz CT molecular complexity index is 272. The third-order valence-electron chi connectivity index (χ3n) is 5.47. The van der Waals surface area contributed by atoms with Crippen molar-refractivity contribution in [1.82, 2.24) is 10.2 Å². The zero-order chi connectivity index (χ0) is 13.6. The summed E-state index contributed by atoms with van der Waals surface area (Å²) in [5.41, 5.74) is 0. The van der Waals surface area contributed by atoms with E-state index in [1.165, 1.54) is 84.0 Å². The quantitative estimate of drug-likeness (QED) is 0.860. The highest BCUT2D eigenvalue weighted by atomic mass is 16.5. The van der Waals surface area contributed by atoms with Crippen molar-refractivity contribution in [1.29, 1.82) is 0 Å². The van der Waals surface area contributed by atoms with Gasteiger partial charge in [-0.1, -0.05) is 19.3 Å². The van der Waals surface area contributed by atoms with Gasteiger partial charge in [0.1, 0.15) is 0 Å². The van der Waals surface area contributed by atoms with Gasteiger partial charge in [0.2, 0.25) is 0 Å². The van der Waals surface area contributed by atoms with Gasteiger partial charge >= 0.3 is 0 Å². The molecule has 1 aliphatic carbocycles. The highest BCUT2D eigenvalue weighted by Crippen LogP contribution is 2.27. The first-order valence-corrected chi connectivity index (χ1v) is 8.99. The molecule has 2 heterocycles. The number of hydrogen-bond acceptors (Lipinski definition) is 3. The van der Waals surface area contributed by atoms with Crippen LogP contribution in [0.5, 0.6) is 0 Å². The Morgan fingerprint density at radius 1 is 0.950 bits per heavy atom. The fourth-order valence-electron chi connectivity index (χ4n) is 4.28. The maximum absolute atomic E-state index is 5.94. The molecule has 0 radical (unpaired) electrons. The molecule has 0 aromatic rings. The van der Waals surface area contributed by atoms with E-state index in [1.54, 1.807) is 0 Å². The molecule has 3 heteroatoms. The summed E-state index contributed by atoms with van der Waals surface area (Å²) in [7, 11) is 0. The summed E-state index contributed by atoms with van der Waals surface area (Å²) in [6, 6.07) is 0.737. The van der Waals surface area contributed by atoms with Crippen LogP contribution in [0.3, 0.4) is 0 Å². The summed E-state index contributed by atoms with van der Waals surface area (Å²) in [6.45, 7) is 5.89. The van der Waals surface area contributed by atoms with Crippen LogP contribution in [0.1, 0.15) is 57.8 Å². The Kier molecular flexibility index (Phi) is 5.75. The van der Waals surface area contributed by atoms with E-state index in [2.05, 4.69) is 10.2 Å². The van der Waals surface area contributed by atoms with Crippen LogP contribution in [0, 0.1) is 5.92 Å². The molecule has 116 valence electrons. The lowest BCUT2D eigenvalue weighted by atomic mass is 9.83. The van der Waals surface area contributed by atoms with Crippen LogP contribution in [-0.4, -0.2) is 49.8 Å². The number of nitrogens with one attached hydrogen (secondary N) is 1. The predicted octanol–water partition coefficient (Wildman–Crippen LogP) is 2.80. The van der Waals surface area contributed by atoms with Crippen LogP contribution in [0.15, 0.2) is 0 Å². The first kappa shape index (κ1) is 14.8. The Morgan fingerprint density at radius 2 is 1.80 bits per heavy atom. The third kappa shape index (κ3) is 4.19. The zero-order valence-electron chi connectivity index (χ0n) is 13.0. The van der Waals surface area contributed by atoms with Crippen LogP contribution in [-0.2, 0) is 4.74 Å². The van der Waals surface area contributed by atoms with Crippen molar-refractivity contribution < 1.29 is 4.74 Å². The molecule has 0 spiro atoms. The molecule has 3 aliphatic rings. The maximum Gasteiger partial charge on any atom is 0.0702 e. The van der Waals surface area contributed by atoms with E-state index in [4.69, 9.17) is 4.74 Å². The van der Waals surface area contributed by atoms with Gasteiger partial charge in [0, 0.05) is 25.7 Å². The zero-order valence-corrected chi connectivity index (χ0v) is 13.0. The van der Waals surface area contributed by atoms with Crippen molar-refractivity contribution in [2.24, 2.45) is 5.92 Å². The van der Waals surface area contributed by atoms with Gasteiger partial charge in [-0.2, -0.15) is 0 Å². The number of nitrogens with zero attached hydrogens (tertiary/aromatic N) is 1. The first-order valence-electron chi connectivity index (χ1n) is 8.99. The van der Waals surface area contributed by atoms with Gasteiger partial charge in [-0.25, -0.2) is 0 Å². The highest BCUT2D eigenvalue weighted by Gasteiger charge is 2.28. The van der Waals surface area contributed by atoms with Crippen LogP contribution >= 0.6 is 0 Å². The van der Waals surface area contributed by atoms with E-state index in [-0.39, 0.29) is 0 Å². The summed E-state index contributed by atoms with van der Waals surface area (Å²) >= 11 is 0. The molecule has 0 bridgehead atoms. The largest absolute Gasteiger partial charge is 0.377 e. The second kappa shape index (κ2) is 7.77. The molecule has 0 aromatic carbocycles. The summed E-state index contributed by atoms with van der Waals surface area (Å²) in [4.78, 5) is 2.69. The van der Waals surface area contributed by atoms with Gasteiger partial charge < -0.3 is 10.1 Å². The molecule has 1 saturated carbocycles. The van der Waals surface area contributed by atoms with Crippen molar-refractivity contribution in [2.75, 3.05) is 32.8 Å². The first-order chi connectivity index (χ1) is 9.92. The third-order valence-corrected chi connectivity index (χ3v) is 5.47. The fourth-order valence-corrected chi connectivity index (χ4v) is 4.28. The van der Waals surface area contributed by atoms with Gasteiger partial charge in [-0.15, -0.1) is 0 Å². The molecule has 20 heavy (non-hydrogen) atoms. The minimum absolute atomic E-state index is 0.508. The summed E-state index contributed by atoms with van der Waals surface area (Å²) < 4.78 is 5.94. The molecular formula is C17H32N2O.